The number of methoxy groups -OCH3 is 1. The minimum atomic E-state index is -0.241. The molecule has 0 aromatic heterocycles. The van der Waals surface area contributed by atoms with Crippen molar-refractivity contribution in [2.75, 3.05) is 32.1 Å². The topological polar surface area (TPSA) is 67.9 Å². The second-order valence-corrected chi connectivity index (χ2v) is 5.77. The smallest absolute Gasteiger partial charge is 0.243 e. The Hall–Kier alpha value is -2.86. The van der Waals surface area contributed by atoms with E-state index in [-0.39, 0.29) is 18.4 Å². The first kappa shape index (κ1) is 19.5. The van der Waals surface area contributed by atoms with Crippen molar-refractivity contribution in [1.82, 2.24) is 4.90 Å². The zero-order valence-electron chi connectivity index (χ0n) is 15.1. The summed E-state index contributed by atoms with van der Waals surface area (Å²) in [4.78, 5) is 25.3. The second kappa shape index (κ2) is 10.2. The Bertz CT molecular complexity index is 702. The Kier molecular flexibility index (Phi) is 7.64. The molecule has 26 heavy (non-hydrogen) atoms. The number of ether oxygens (including phenoxy) is 2. The van der Waals surface area contributed by atoms with Crippen LogP contribution in [0.5, 0.6) is 11.5 Å². The van der Waals surface area contributed by atoms with Gasteiger partial charge in [-0.05, 0) is 42.8 Å². The third-order valence-electron chi connectivity index (χ3n) is 3.67. The summed E-state index contributed by atoms with van der Waals surface area (Å²) in [7, 11) is 1.61. The van der Waals surface area contributed by atoms with E-state index in [1.54, 1.807) is 31.4 Å². The predicted octanol–water partition coefficient (Wildman–Crippen LogP) is 3.30. The van der Waals surface area contributed by atoms with Gasteiger partial charge < -0.3 is 19.7 Å². The Balaban J connectivity index is 1.87. The van der Waals surface area contributed by atoms with E-state index >= 15 is 0 Å². The van der Waals surface area contributed by atoms with Gasteiger partial charge in [0.2, 0.25) is 11.8 Å². The van der Waals surface area contributed by atoms with Gasteiger partial charge in [0.15, 0.2) is 0 Å². The largest absolute Gasteiger partial charge is 0.457 e. The lowest BCUT2D eigenvalue weighted by atomic mass is 10.3. The first-order valence-electron chi connectivity index (χ1n) is 8.46. The first-order valence-corrected chi connectivity index (χ1v) is 8.46. The van der Waals surface area contributed by atoms with Crippen LogP contribution in [0.3, 0.4) is 0 Å². The maximum atomic E-state index is 12.2. The number of benzene rings is 2. The summed E-state index contributed by atoms with van der Waals surface area (Å²) >= 11 is 0. The monoisotopic (exact) mass is 356 g/mol. The van der Waals surface area contributed by atoms with Gasteiger partial charge in [0.25, 0.3) is 0 Å². The van der Waals surface area contributed by atoms with Crippen molar-refractivity contribution < 1.29 is 19.1 Å². The van der Waals surface area contributed by atoms with Crippen LogP contribution in [0.15, 0.2) is 54.6 Å². The van der Waals surface area contributed by atoms with Crippen molar-refractivity contribution in [2.24, 2.45) is 0 Å². The number of amides is 2. The predicted molar refractivity (Wildman–Crippen MR) is 100 cm³/mol. The first-order chi connectivity index (χ1) is 12.6. The maximum absolute atomic E-state index is 12.2. The molecule has 0 atom stereocenters. The van der Waals surface area contributed by atoms with Crippen molar-refractivity contribution in [3.05, 3.63) is 54.6 Å². The van der Waals surface area contributed by atoms with Crippen LogP contribution in [-0.4, -0.2) is 43.5 Å². The van der Waals surface area contributed by atoms with E-state index in [1.807, 2.05) is 30.3 Å². The lowest BCUT2D eigenvalue weighted by Gasteiger charge is -2.20. The molecule has 2 amide bonds. The van der Waals surface area contributed by atoms with Gasteiger partial charge in [-0.3, -0.25) is 9.59 Å². The van der Waals surface area contributed by atoms with E-state index in [0.29, 0.717) is 31.0 Å². The number of rotatable bonds is 9. The summed E-state index contributed by atoms with van der Waals surface area (Å²) in [5, 5.41) is 2.79. The van der Waals surface area contributed by atoms with Crippen molar-refractivity contribution in [2.45, 2.75) is 13.3 Å². The molecule has 2 rings (SSSR count). The van der Waals surface area contributed by atoms with Crippen LogP contribution in [0.4, 0.5) is 5.69 Å². The molecular formula is C20H24N2O4. The van der Waals surface area contributed by atoms with Gasteiger partial charge in [0, 0.05) is 32.9 Å². The molecule has 0 heterocycles. The number of carbonyl (C=O) groups is 2. The standard InChI is InChI=1S/C20H24N2O4/c1-16(23)22(13-6-14-25-2)15-20(24)21-17-9-11-19(12-10-17)26-18-7-4-3-5-8-18/h3-5,7-12H,6,13-15H2,1-2H3,(H,21,24). The SMILES string of the molecule is COCCCN(CC(=O)Nc1ccc(Oc2ccccc2)cc1)C(C)=O. The van der Waals surface area contributed by atoms with Gasteiger partial charge in [-0.25, -0.2) is 0 Å². The number of nitrogens with one attached hydrogen (secondary N) is 1. The number of nitrogens with zero attached hydrogens (tertiary/aromatic N) is 1. The van der Waals surface area contributed by atoms with Crippen LogP contribution in [0.1, 0.15) is 13.3 Å². The van der Waals surface area contributed by atoms with Crippen LogP contribution in [0.2, 0.25) is 0 Å². The van der Waals surface area contributed by atoms with E-state index in [0.717, 1.165) is 5.75 Å². The molecule has 0 fully saturated rings. The van der Waals surface area contributed by atoms with E-state index < -0.39 is 0 Å². The molecule has 6 heteroatoms. The molecule has 6 nitrogen and oxygen atoms in total. The molecule has 0 bridgehead atoms. The van der Waals surface area contributed by atoms with Gasteiger partial charge in [-0.1, -0.05) is 18.2 Å². The highest BCUT2D eigenvalue weighted by molar-refractivity contribution is 5.94. The molecule has 0 saturated heterocycles. The molecule has 2 aromatic rings. The normalized spacial score (nSPS) is 10.2. The number of para-hydroxylation sites is 1. The van der Waals surface area contributed by atoms with Crippen molar-refractivity contribution >= 4 is 17.5 Å². The average molecular weight is 356 g/mol. The molecule has 0 spiro atoms. The van der Waals surface area contributed by atoms with E-state index in [2.05, 4.69) is 5.32 Å². The quantitative estimate of drug-likeness (QED) is 0.700. The van der Waals surface area contributed by atoms with Gasteiger partial charge >= 0.3 is 0 Å². The lowest BCUT2D eigenvalue weighted by molar-refractivity contribution is -0.132. The molecule has 0 saturated carbocycles. The molecule has 2 aromatic carbocycles. The minimum absolute atomic E-state index is 0.0152. The number of carbonyl (C=O) groups excluding carboxylic acids is 2. The van der Waals surface area contributed by atoms with E-state index in [9.17, 15) is 9.59 Å². The minimum Gasteiger partial charge on any atom is -0.457 e. The second-order valence-electron chi connectivity index (χ2n) is 5.77. The van der Waals surface area contributed by atoms with E-state index in [1.165, 1.54) is 11.8 Å². The third-order valence-corrected chi connectivity index (χ3v) is 3.67. The molecule has 0 aliphatic rings. The Morgan fingerprint density at radius 3 is 2.27 bits per heavy atom. The fraction of sp³-hybridized carbons (Fsp3) is 0.300. The van der Waals surface area contributed by atoms with Crippen LogP contribution >= 0.6 is 0 Å². The van der Waals surface area contributed by atoms with E-state index in [4.69, 9.17) is 9.47 Å². The summed E-state index contributed by atoms with van der Waals surface area (Å²) in [5.74, 6) is 1.05. The molecular weight excluding hydrogens is 332 g/mol. The molecule has 1 N–H and O–H groups in total. The number of hydrogen-bond acceptors (Lipinski definition) is 4. The average Bonchev–Trinajstić information content (AvgIpc) is 2.63. The Labute approximate surface area is 153 Å². The number of hydrogen-bond donors (Lipinski definition) is 1. The third kappa shape index (κ3) is 6.57. The van der Waals surface area contributed by atoms with Crippen LogP contribution in [-0.2, 0) is 14.3 Å². The fourth-order valence-electron chi connectivity index (χ4n) is 2.35. The van der Waals surface area contributed by atoms with Gasteiger partial charge in [0.1, 0.15) is 11.5 Å². The highest BCUT2D eigenvalue weighted by Gasteiger charge is 2.13. The highest BCUT2D eigenvalue weighted by atomic mass is 16.5. The van der Waals surface area contributed by atoms with Crippen molar-refractivity contribution in [1.29, 1.82) is 0 Å². The van der Waals surface area contributed by atoms with Crippen molar-refractivity contribution in [3.8, 4) is 11.5 Å². The van der Waals surface area contributed by atoms with Crippen LogP contribution in [0, 0.1) is 0 Å². The Morgan fingerprint density at radius 2 is 1.65 bits per heavy atom. The zero-order chi connectivity index (χ0) is 18.8. The fourth-order valence-corrected chi connectivity index (χ4v) is 2.35. The number of anilines is 1. The summed E-state index contributed by atoms with van der Waals surface area (Å²) in [6.07, 6.45) is 0.689. The molecule has 0 radical (unpaired) electrons. The van der Waals surface area contributed by atoms with Crippen molar-refractivity contribution in [3.63, 3.8) is 0 Å². The van der Waals surface area contributed by atoms with Gasteiger partial charge in [-0.15, -0.1) is 0 Å². The Morgan fingerprint density at radius 1 is 1.00 bits per heavy atom. The molecule has 0 aliphatic heterocycles. The summed E-state index contributed by atoms with van der Waals surface area (Å²) < 4.78 is 10.7. The van der Waals surface area contributed by atoms with Gasteiger partial charge in [-0.2, -0.15) is 0 Å². The lowest BCUT2D eigenvalue weighted by Crippen LogP contribution is -2.37. The molecule has 138 valence electrons. The summed E-state index contributed by atoms with van der Waals surface area (Å²) in [5.41, 5.74) is 0.649. The zero-order valence-corrected chi connectivity index (χ0v) is 15.1. The summed E-state index contributed by atoms with van der Waals surface area (Å²) in [6, 6.07) is 16.6. The van der Waals surface area contributed by atoms with Crippen LogP contribution < -0.4 is 10.1 Å². The summed E-state index contributed by atoms with van der Waals surface area (Å²) in [6.45, 7) is 2.51. The van der Waals surface area contributed by atoms with Crippen LogP contribution in [0.25, 0.3) is 0 Å². The highest BCUT2D eigenvalue weighted by Crippen LogP contribution is 2.22. The maximum Gasteiger partial charge on any atom is 0.243 e. The van der Waals surface area contributed by atoms with Gasteiger partial charge in [0.05, 0.1) is 6.54 Å². The molecule has 0 unspecified atom stereocenters. The molecule has 0 aliphatic carbocycles.